The molecule has 130 valence electrons. The summed E-state index contributed by atoms with van der Waals surface area (Å²) in [4.78, 5) is 4.65. The summed E-state index contributed by atoms with van der Waals surface area (Å²) in [5, 5.41) is 6.67. The molecule has 0 saturated heterocycles. The van der Waals surface area contributed by atoms with Crippen LogP contribution in [-0.2, 0) is 6.54 Å². The molecule has 1 aromatic carbocycles. The predicted molar refractivity (Wildman–Crippen MR) is 100.0 cm³/mol. The van der Waals surface area contributed by atoms with E-state index in [0.717, 1.165) is 36.1 Å². The Balaban J connectivity index is 2.85. The summed E-state index contributed by atoms with van der Waals surface area (Å²) in [5.41, 5.74) is 0.994. The first kappa shape index (κ1) is 19.5. The third-order valence-electron chi connectivity index (χ3n) is 3.47. The molecule has 1 aromatic rings. The van der Waals surface area contributed by atoms with Crippen molar-refractivity contribution < 1.29 is 9.47 Å². The van der Waals surface area contributed by atoms with E-state index in [9.17, 15) is 0 Å². The molecule has 0 saturated carbocycles. The van der Waals surface area contributed by atoms with Crippen molar-refractivity contribution in [3.05, 3.63) is 23.8 Å². The van der Waals surface area contributed by atoms with Crippen molar-refractivity contribution in [2.45, 2.75) is 32.1 Å². The van der Waals surface area contributed by atoms with Gasteiger partial charge < -0.3 is 20.1 Å². The molecule has 0 aliphatic rings. The van der Waals surface area contributed by atoms with Crippen LogP contribution in [0.3, 0.4) is 0 Å². The molecule has 23 heavy (non-hydrogen) atoms. The molecule has 2 N–H and O–H groups in total. The molecule has 0 radical (unpaired) electrons. The van der Waals surface area contributed by atoms with Crippen LogP contribution in [0.4, 0.5) is 0 Å². The number of ether oxygens (including phenoxy) is 2. The quantitative estimate of drug-likeness (QED) is 0.563. The largest absolute Gasteiger partial charge is 0.493 e. The molecule has 0 atom stereocenters. The summed E-state index contributed by atoms with van der Waals surface area (Å²) in [6.45, 7) is 8.66. The van der Waals surface area contributed by atoms with Gasteiger partial charge in [0.05, 0.1) is 20.8 Å². The van der Waals surface area contributed by atoms with Crippen LogP contribution in [0.15, 0.2) is 23.2 Å². The number of guanidine groups is 1. The molecule has 0 spiro atoms. The van der Waals surface area contributed by atoms with E-state index in [-0.39, 0.29) is 4.75 Å². The van der Waals surface area contributed by atoms with E-state index in [1.807, 2.05) is 30.0 Å². The minimum Gasteiger partial charge on any atom is -0.493 e. The Kier molecular flexibility index (Phi) is 8.09. The number of nitrogens with one attached hydrogen (secondary N) is 2. The van der Waals surface area contributed by atoms with Gasteiger partial charge in [-0.3, -0.25) is 0 Å². The van der Waals surface area contributed by atoms with Gasteiger partial charge in [0.1, 0.15) is 0 Å². The van der Waals surface area contributed by atoms with Gasteiger partial charge in [0.2, 0.25) is 0 Å². The molecule has 0 aromatic heterocycles. The van der Waals surface area contributed by atoms with Crippen LogP contribution in [0.2, 0.25) is 0 Å². The smallest absolute Gasteiger partial charge is 0.191 e. The maximum absolute atomic E-state index is 5.45. The number of methoxy groups -OCH3 is 2. The number of hydrogen-bond acceptors (Lipinski definition) is 4. The molecule has 6 heteroatoms. The van der Waals surface area contributed by atoms with Crippen LogP contribution in [0, 0.1) is 0 Å². The average molecular weight is 340 g/mol. The average Bonchev–Trinajstić information content (AvgIpc) is 2.56. The van der Waals surface area contributed by atoms with Crippen molar-refractivity contribution in [2.24, 2.45) is 4.99 Å². The van der Waals surface area contributed by atoms with Gasteiger partial charge >= 0.3 is 0 Å². The van der Waals surface area contributed by atoms with Gasteiger partial charge in [-0.1, -0.05) is 12.1 Å². The number of benzene rings is 1. The molecule has 5 nitrogen and oxygen atoms in total. The van der Waals surface area contributed by atoms with E-state index < -0.39 is 0 Å². The molecular weight excluding hydrogens is 310 g/mol. The lowest BCUT2D eigenvalue weighted by Gasteiger charge is -2.23. The fourth-order valence-corrected chi connectivity index (χ4v) is 2.17. The Bertz CT molecular complexity index is 519. The maximum Gasteiger partial charge on any atom is 0.191 e. The number of thioether (sulfide) groups is 1. The van der Waals surface area contributed by atoms with Crippen molar-refractivity contribution in [3.8, 4) is 11.5 Å². The van der Waals surface area contributed by atoms with E-state index >= 15 is 0 Å². The summed E-state index contributed by atoms with van der Waals surface area (Å²) in [6.07, 6.45) is 2.12. The Morgan fingerprint density at radius 3 is 2.52 bits per heavy atom. The van der Waals surface area contributed by atoms with Gasteiger partial charge in [0.15, 0.2) is 17.5 Å². The number of rotatable bonds is 8. The third-order valence-corrected chi connectivity index (χ3v) is 4.72. The Labute approximate surface area is 144 Å². The van der Waals surface area contributed by atoms with Crippen LogP contribution in [-0.4, -0.2) is 44.3 Å². The van der Waals surface area contributed by atoms with Gasteiger partial charge in [-0.25, -0.2) is 4.99 Å². The Morgan fingerprint density at radius 2 is 1.96 bits per heavy atom. The van der Waals surface area contributed by atoms with Gasteiger partial charge in [0.25, 0.3) is 0 Å². The summed E-state index contributed by atoms with van der Waals surface area (Å²) in [5.74, 6) is 2.26. The van der Waals surface area contributed by atoms with Crippen LogP contribution in [0.1, 0.15) is 26.3 Å². The summed E-state index contributed by atoms with van der Waals surface area (Å²) in [7, 11) is 3.29. The van der Waals surface area contributed by atoms with Gasteiger partial charge in [0, 0.05) is 23.4 Å². The second-order valence-electron chi connectivity index (χ2n) is 5.67. The second-order valence-corrected chi connectivity index (χ2v) is 7.18. The zero-order valence-electron chi connectivity index (χ0n) is 15.0. The molecule has 0 aliphatic carbocycles. The zero-order chi connectivity index (χ0) is 17.3. The first-order chi connectivity index (χ1) is 11.0. The normalized spacial score (nSPS) is 12.0. The van der Waals surface area contributed by atoms with Crippen LogP contribution in [0.25, 0.3) is 0 Å². The van der Waals surface area contributed by atoms with Gasteiger partial charge in [-0.2, -0.15) is 11.8 Å². The number of para-hydroxylation sites is 1. The molecule has 0 fully saturated rings. The molecule has 0 unspecified atom stereocenters. The number of hydrogen-bond donors (Lipinski definition) is 2. The van der Waals surface area contributed by atoms with Crippen LogP contribution < -0.4 is 20.1 Å². The van der Waals surface area contributed by atoms with Crippen LogP contribution in [0.5, 0.6) is 11.5 Å². The highest BCUT2D eigenvalue weighted by atomic mass is 32.2. The number of aliphatic imine (C=N–C) groups is 1. The van der Waals surface area contributed by atoms with Crippen molar-refractivity contribution >= 4 is 17.7 Å². The minimum absolute atomic E-state index is 0.157. The first-order valence-corrected chi connectivity index (χ1v) is 8.97. The van der Waals surface area contributed by atoms with E-state index in [4.69, 9.17) is 9.47 Å². The van der Waals surface area contributed by atoms with Crippen LogP contribution >= 0.6 is 11.8 Å². The molecule has 0 heterocycles. The van der Waals surface area contributed by atoms with Crippen molar-refractivity contribution in [3.63, 3.8) is 0 Å². The number of nitrogens with zero attached hydrogens (tertiary/aromatic N) is 1. The third kappa shape index (κ3) is 6.22. The maximum atomic E-state index is 5.45. The van der Waals surface area contributed by atoms with E-state index in [2.05, 4.69) is 42.7 Å². The lowest BCUT2D eigenvalue weighted by molar-refractivity contribution is 0.352. The molecule has 0 bridgehead atoms. The van der Waals surface area contributed by atoms with E-state index in [0.29, 0.717) is 6.54 Å². The van der Waals surface area contributed by atoms with E-state index in [1.165, 1.54) is 0 Å². The monoisotopic (exact) mass is 339 g/mol. The molecule has 1 rings (SSSR count). The zero-order valence-corrected chi connectivity index (χ0v) is 15.8. The first-order valence-electron chi connectivity index (χ1n) is 7.74. The summed E-state index contributed by atoms with van der Waals surface area (Å²) >= 11 is 1.83. The Hall–Kier alpha value is -1.56. The SMILES string of the molecule is CCNC(=NCc1cccc(OC)c1OC)NCC(C)(C)SC. The molecule has 0 amide bonds. The van der Waals surface area contributed by atoms with Crippen molar-refractivity contribution in [1.82, 2.24) is 10.6 Å². The topological polar surface area (TPSA) is 54.9 Å². The van der Waals surface area contributed by atoms with Gasteiger partial charge in [-0.15, -0.1) is 0 Å². The van der Waals surface area contributed by atoms with Crippen molar-refractivity contribution in [1.29, 1.82) is 0 Å². The van der Waals surface area contributed by atoms with Crippen molar-refractivity contribution in [2.75, 3.05) is 33.6 Å². The fraction of sp³-hybridized carbons (Fsp3) is 0.588. The summed E-state index contributed by atoms with van der Waals surface area (Å²) in [6, 6.07) is 5.83. The minimum atomic E-state index is 0.157. The predicted octanol–water partition coefficient (Wildman–Crippen LogP) is 2.90. The highest BCUT2D eigenvalue weighted by Gasteiger charge is 2.16. The lowest BCUT2D eigenvalue weighted by Crippen LogP contribution is -2.43. The fourth-order valence-electron chi connectivity index (χ4n) is 1.95. The highest BCUT2D eigenvalue weighted by Crippen LogP contribution is 2.31. The lowest BCUT2D eigenvalue weighted by atomic mass is 10.2. The Morgan fingerprint density at radius 1 is 1.22 bits per heavy atom. The summed E-state index contributed by atoms with van der Waals surface area (Å²) < 4.78 is 10.9. The van der Waals surface area contributed by atoms with E-state index in [1.54, 1.807) is 14.2 Å². The molecular formula is C17H29N3O2S. The second kappa shape index (κ2) is 9.55. The highest BCUT2D eigenvalue weighted by molar-refractivity contribution is 7.99. The standard InChI is InChI=1S/C17H29N3O2S/c1-7-18-16(20-12-17(2,3)23-6)19-11-13-9-8-10-14(21-4)15(13)22-5/h8-10H,7,11-12H2,1-6H3,(H2,18,19,20). The molecule has 0 aliphatic heterocycles. The van der Waals surface area contributed by atoms with Gasteiger partial charge in [-0.05, 0) is 33.1 Å².